The quantitative estimate of drug-likeness (QED) is 0.664. The summed E-state index contributed by atoms with van der Waals surface area (Å²) in [5.41, 5.74) is 5.45. The smallest absolute Gasteiger partial charge is 0.207 e. The zero-order valence-corrected chi connectivity index (χ0v) is 11.2. The predicted octanol–water partition coefficient (Wildman–Crippen LogP) is 2.31. The second kappa shape index (κ2) is 4.82. The maximum absolute atomic E-state index is 10.4. The van der Waals surface area contributed by atoms with E-state index in [-0.39, 0.29) is 5.60 Å². The van der Waals surface area contributed by atoms with E-state index in [1.54, 1.807) is 0 Å². The molecular weight excluding hydrogens is 238 g/mol. The molecule has 2 aliphatic rings. The average Bonchev–Trinajstić information content (AvgIpc) is 2.80. The third-order valence-corrected chi connectivity index (χ3v) is 4.31. The van der Waals surface area contributed by atoms with Crippen molar-refractivity contribution in [3.05, 3.63) is 41.0 Å². The third kappa shape index (κ3) is 2.08. The van der Waals surface area contributed by atoms with Gasteiger partial charge in [-0.1, -0.05) is 24.3 Å². The van der Waals surface area contributed by atoms with Gasteiger partial charge in [0.05, 0.1) is 12.2 Å². The molecule has 1 amide bonds. The summed E-state index contributed by atoms with van der Waals surface area (Å²) >= 11 is 0. The third-order valence-electron chi connectivity index (χ3n) is 4.31. The van der Waals surface area contributed by atoms with E-state index in [0.717, 1.165) is 32.3 Å². The fraction of sp³-hybridized carbons (Fsp3) is 0.438. The second-order valence-electron chi connectivity index (χ2n) is 5.44. The van der Waals surface area contributed by atoms with E-state index in [4.69, 9.17) is 4.74 Å². The normalized spacial score (nSPS) is 24.9. The number of nitrogens with one attached hydrogen (secondary N) is 1. The van der Waals surface area contributed by atoms with E-state index >= 15 is 0 Å². The van der Waals surface area contributed by atoms with E-state index in [9.17, 15) is 4.79 Å². The monoisotopic (exact) mass is 257 g/mol. The summed E-state index contributed by atoms with van der Waals surface area (Å²) in [4.78, 5) is 10.4. The van der Waals surface area contributed by atoms with Crippen LogP contribution in [0.15, 0.2) is 29.8 Å². The van der Waals surface area contributed by atoms with Crippen LogP contribution in [0, 0.1) is 0 Å². The van der Waals surface area contributed by atoms with Crippen LogP contribution in [-0.2, 0) is 16.0 Å². The zero-order chi connectivity index (χ0) is 13.3. The van der Waals surface area contributed by atoms with Gasteiger partial charge < -0.3 is 10.1 Å². The van der Waals surface area contributed by atoms with Crippen LogP contribution in [0.1, 0.15) is 30.9 Å². The molecule has 0 aromatic heterocycles. The van der Waals surface area contributed by atoms with Crippen LogP contribution < -0.4 is 5.32 Å². The van der Waals surface area contributed by atoms with Crippen LogP contribution in [-0.4, -0.2) is 25.2 Å². The number of fused-ring (bicyclic) bond motifs is 2. The molecule has 1 aliphatic heterocycles. The Balaban J connectivity index is 1.90. The molecule has 0 radical (unpaired) electrons. The Kier molecular flexibility index (Phi) is 3.15. The number of rotatable bonds is 4. The van der Waals surface area contributed by atoms with Crippen molar-refractivity contribution in [2.45, 2.75) is 31.8 Å². The van der Waals surface area contributed by atoms with Gasteiger partial charge in [-0.25, -0.2) is 0 Å². The summed E-state index contributed by atoms with van der Waals surface area (Å²) in [6.45, 7) is 3.58. The highest BCUT2D eigenvalue weighted by Crippen LogP contribution is 2.45. The molecule has 0 saturated carbocycles. The van der Waals surface area contributed by atoms with Gasteiger partial charge in [0.15, 0.2) is 0 Å². The Hall–Kier alpha value is -1.61. The number of amides is 1. The van der Waals surface area contributed by atoms with Gasteiger partial charge >= 0.3 is 0 Å². The first-order valence-electron chi connectivity index (χ1n) is 6.86. The van der Waals surface area contributed by atoms with Crippen LogP contribution in [0.2, 0.25) is 0 Å². The Labute approximate surface area is 113 Å². The number of carbonyl (C=O) groups is 1. The summed E-state index contributed by atoms with van der Waals surface area (Å²) in [6, 6.07) is 8.63. The van der Waals surface area contributed by atoms with Crippen molar-refractivity contribution < 1.29 is 9.53 Å². The van der Waals surface area contributed by atoms with Gasteiger partial charge in [-0.3, -0.25) is 4.79 Å². The minimum Gasteiger partial charge on any atom is -0.370 e. The van der Waals surface area contributed by atoms with Crippen molar-refractivity contribution in [1.82, 2.24) is 5.32 Å². The first-order chi connectivity index (χ1) is 9.24. The Morgan fingerprint density at radius 1 is 1.42 bits per heavy atom. The molecule has 19 heavy (non-hydrogen) atoms. The fourth-order valence-corrected chi connectivity index (χ4v) is 3.28. The molecule has 1 aromatic carbocycles. The molecule has 100 valence electrons. The largest absolute Gasteiger partial charge is 0.370 e. The van der Waals surface area contributed by atoms with Gasteiger partial charge in [-0.05, 0) is 48.5 Å². The lowest BCUT2D eigenvalue weighted by Crippen LogP contribution is -2.38. The topological polar surface area (TPSA) is 38.3 Å². The van der Waals surface area contributed by atoms with Crippen molar-refractivity contribution in [3.8, 4) is 0 Å². The Morgan fingerprint density at radius 3 is 3.11 bits per heavy atom. The van der Waals surface area contributed by atoms with Gasteiger partial charge in [-0.15, -0.1) is 0 Å². The van der Waals surface area contributed by atoms with E-state index in [0.29, 0.717) is 6.54 Å². The minimum absolute atomic E-state index is 0.234. The molecule has 1 aromatic rings. The summed E-state index contributed by atoms with van der Waals surface area (Å²) in [5, 5.41) is 2.74. The van der Waals surface area contributed by atoms with Crippen LogP contribution >= 0.6 is 0 Å². The first kappa shape index (κ1) is 12.4. The lowest BCUT2D eigenvalue weighted by Gasteiger charge is -2.36. The van der Waals surface area contributed by atoms with Crippen LogP contribution in [0.25, 0.3) is 5.57 Å². The summed E-state index contributed by atoms with van der Waals surface area (Å²) in [7, 11) is 0. The van der Waals surface area contributed by atoms with E-state index in [2.05, 4.69) is 36.5 Å². The van der Waals surface area contributed by atoms with Gasteiger partial charge in [0.1, 0.15) is 0 Å². The molecule has 0 fully saturated rings. The van der Waals surface area contributed by atoms with Crippen molar-refractivity contribution >= 4 is 12.0 Å². The SMILES string of the molecule is CC1(CCNC=O)OCCC2=C1Cc1ccccc12. The van der Waals surface area contributed by atoms with Crippen LogP contribution in [0.3, 0.4) is 0 Å². The molecule has 0 saturated heterocycles. The molecule has 1 atom stereocenters. The molecule has 1 heterocycles. The van der Waals surface area contributed by atoms with E-state index in [1.165, 1.54) is 22.3 Å². The number of hydrogen-bond donors (Lipinski definition) is 1. The van der Waals surface area contributed by atoms with Crippen molar-refractivity contribution in [3.63, 3.8) is 0 Å². The maximum Gasteiger partial charge on any atom is 0.207 e. The second-order valence-corrected chi connectivity index (χ2v) is 5.44. The molecule has 1 N–H and O–H groups in total. The lowest BCUT2D eigenvalue weighted by molar-refractivity contribution is -0.109. The highest BCUT2D eigenvalue weighted by atomic mass is 16.5. The molecule has 0 spiro atoms. The van der Waals surface area contributed by atoms with E-state index in [1.807, 2.05) is 0 Å². The summed E-state index contributed by atoms with van der Waals surface area (Å²) < 4.78 is 6.04. The Morgan fingerprint density at radius 2 is 2.26 bits per heavy atom. The van der Waals surface area contributed by atoms with Crippen molar-refractivity contribution in [1.29, 1.82) is 0 Å². The minimum atomic E-state index is -0.234. The van der Waals surface area contributed by atoms with Crippen LogP contribution in [0.5, 0.6) is 0 Å². The van der Waals surface area contributed by atoms with Gasteiger partial charge in [0.25, 0.3) is 0 Å². The van der Waals surface area contributed by atoms with Gasteiger partial charge in [0, 0.05) is 6.54 Å². The molecule has 3 nitrogen and oxygen atoms in total. The molecule has 3 heteroatoms. The standard InChI is InChI=1S/C16H19NO2/c1-16(7-8-17-11-18)15-10-12-4-2-3-5-13(12)14(15)6-9-19-16/h2-5,11H,6-10H2,1H3,(H,17,18). The number of benzene rings is 1. The Bertz CT molecular complexity index is 535. The number of ether oxygens (including phenoxy) is 1. The predicted molar refractivity (Wildman–Crippen MR) is 74.7 cm³/mol. The molecule has 1 unspecified atom stereocenters. The van der Waals surface area contributed by atoms with Crippen molar-refractivity contribution in [2.24, 2.45) is 0 Å². The van der Waals surface area contributed by atoms with Gasteiger partial charge in [-0.2, -0.15) is 0 Å². The van der Waals surface area contributed by atoms with Crippen LogP contribution in [0.4, 0.5) is 0 Å². The highest BCUT2D eigenvalue weighted by Gasteiger charge is 2.38. The maximum atomic E-state index is 10.4. The van der Waals surface area contributed by atoms with Crippen molar-refractivity contribution in [2.75, 3.05) is 13.2 Å². The highest BCUT2D eigenvalue weighted by molar-refractivity contribution is 5.78. The summed E-state index contributed by atoms with van der Waals surface area (Å²) in [6.07, 6.45) is 3.58. The average molecular weight is 257 g/mol. The molecule has 0 bridgehead atoms. The van der Waals surface area contributed by atoms with Gasteiger partial charge in [0.2, 0.25) is 6.41 Å². The lowest BCUT2D eigenvalue weighted by atomic mass is 9.85. The number of hydrogen-bond acceptors (Lipinski definition) is 2. The zero-order valence-electron chi connectivity index (χ0n) is 11.2. The first-order valence-corrected chi connectivity index (χ1v) is 6.86. The number of carbonyl (C=O) groups excluding carboxylic acids is 1. The summed E-state index contributed by atoms with van der Waals surface area (Å²) in [5.74, 6) is 0. The molecule has 1 aliphatic carbocycles. The molecular formula is C16H19NO2. The fourth-order valence-electron chi connectivity index (χ4n) is 3.28. The van der Waals surface area contributed by atoms with E-state index < -0.39 is 0 Å². The molecule has 3 rings (SSSR count).